The average molecular weight is 188 g/mol. The third kappa shape index (κ3) is 3.02. The summed E-state index contributed by atoms with van der Waals surface area (Å²) in [5, 5.41) is 0. The summed E-state index contributed by atoms with van der Waals surface area (Å²) in [5.41, 5.74) is 2.67. The lowest BCUT2D eigenvalue weighted by Crippen LogP contribution is -1.93. The zero-order valence-corrected chi connectivity index (χ0v) is 9.29. The predicted octanol–water partition coefficient (Wildman–Crippen LogP) is 4.62. The molecule has 0 nitrogen and oxygen atoms in total. The van der Waals surface area contributed by atoms with Crippen LogP contribution in [0.25, 0.3) is 6.08 Å². The standard InChI is InChI=1S/C14H20/c1-4-6-8-12(3)14-10-7-9-13(5-2)11-14/h5,7,9-12H,2,4,6,8H2,1,3H3. The smallest absolute Gasteiger partial charge is 0.0190 e. The molecule has 14 heavy (non-hydrogen) atoms. The van der Waals surface area contributed by atoms with Crippen LogP contribution < -0.4 is 0 Å². The number of hydrogen-bond donors (Lipinski definition) is 0. The van der Waals surface area contributed by atoms with Gasteiger partial charge in [-0.25, -0.2) is 0 Å². The van der Waals surface area contributed by atoms with Crippen LogP contribution in [0.5, 0.6) is 0 Å². The molecule has 0 aliphatic rings. The molecular weight excluding hydrogens is 168 g/mol. The lowest BCUT2D eigenvalue weighted by atomic mass is 9.94. The van der Waals surface area contributed by atoms with Crippen LogP contribution in [0.1, 0.15) is 50.2 Å². The largest absolute Gasteiger partial charge is 0.0985 e. The third-order valence-corrected chi connectivity index (χ3v) is 2.71. The molecule has 0 N–H and O–H groups in total. The van der Waals surface area contributed by atoms with Gasteiger partial charge in [-0.1, -0.05) is 63.6 Å². The molecule has 0 heteroatoms. The SMILES string of the molecule is C=Cc1cccc(C(C)CCCC)c1. The molecule has 0 spiro atoms. The van der Waals surface area contributed by atoms with Crippen molar-refractivity contribution in [3.05, 3.63) is 42.0 Å². The summed E-state index contributed by atoms with van der Waals surface area (Å²) in [6, 6.07) is 8.68. The maximum absolute atomic E-state index is 3.79. The van der Waals surface area contributed by atoms with Crippen LogP contribution in [0.2, 0.25) is 0 Å². The van der Waals surface area contributed by atoms with Crippen LogP contribution in [-0.2, 0) is 0 Å². The van der Waals surface area contributed by atoms with E-state index in [2.05, 4.69) is 44.7 Å². The van der Waals surface area contributed by atoms with Gasteiger partial charge in [-0.3, -0.25) is 0 Å². The third-order valence-electron chi connectivity index (χ3n) is 2.71. The molecule has 0 radical (unpaired) electrons. The quantitative estimate of drug-likeness (QED) is 0.632. The Labute approximate surface area is 87.7 Å². The highest BCUT2D eigenvalue weighted by atomic mass is 14.1. The topological polar surface area (TPSA) is 0 Å². The van der Waals surface area contributed by atoms with Crippen molar-refractivity contribution >= 4 is 6.08 Å². The molecule has 0 aromatic heterocycles. The van der Waals surface area contributed by atoms with E-state index in [4.69, 9.17) is 0 Å². The molecule has 0 fully saturated rings. The van der Waals surface area contributed by atoms with Gasteiger partial charge in [0.1, 0.15) is 0 Å². The van der Waals surface area contributed by atoms with E-state index < -0.39 is 0 Å². The first-order chi connectivity index (χ1) is 6.77. The molecule has 0 aliphatic carbocycles. The second-order valence-electron chi connectivity index (χ2n) is 3.92. The minimum absolute atomic E-state index is 0.676. The van der Waals surface area contributed by atoms with Gasteiger partial charge in [-0.05, 0) is 23.5 Å². The lowest BCUT2D eigenvalue weighted by Gasteiger charge is -2.11. The molecule has 0 amide bonds. The zero-order valence-electron chi connectivity index (χ0n) is 9.29. The minimum atomic E-state index is 0.676. The molecule has 0 saturated carbocycles. The molecule has 0 saturated heterocycles. The predicted molar refractivity (Wildman–Crippen MR) is 64.5 cm³/mol. The Morgan fingerprint density at radius 2 is 2.21 bits per heavy atom. The fourth-order valence-electron chi connectivity index (χ4n) is 1.67. The fourth-order valence-corrected chi connectivity index (χ4v) is 1.67. The number of benzene rings is 1. The Morgan fingerprint density at radius 3 is 2.86 bits per heavy atom. The van der Waals surface area contributed by atoms with E-state index in [0.29, 0.717) is 5.92 Å². The van der Waals surface area contributed by atoms with Crippen LogP contribution in [0.15, 0.2) is 30.8 Å². The first-order valence-electron chi connectivity index (χ1n) is 5.50. The monoisotopic (exact) mass is 188 g/mol. The average Bonchev–Trinajstić information content (AvgIpc) is 2.26. The Bertz CT molecular complexity index is 286. The van der Waals surface area contributed by atoms with E-state index in [1.807, 2.05) is 6.08 Å². The van der Waals surface area contributed by atoms with Gasteiger partial charge < -0.3 is 0 Å². The van der Waals surface area contributed by atoms with E-state index in [1.165, 1.54) is 30.4 Å². The van der Waals surface area contributed by atoms with Crippen LogP contribution in [0.3, 0.4) is 0 Å². The molecule has 1 rings (SSSR count). The summed E-state index contributed by atoms with van der Waals surface area (Å²) >= 11 is 0. The molecule has 1 aromatic rings. The van der Waals surface area contributed by atoms with Gasteiger partial charge in [0.15, 0.2) is 0 Å². The Kier molecular flexibility index (Phi) is 4.45. The molecule has 1 unspecified atom stereocenters. The molecular formula is C14H20. The van der Waals surface area contributed by atoms with Gasteiger partial charge in [0.05, 0.1) is 0 Å². The van der Waals surface area contributed by atoms with Gasteiger partial charge in [0.25, 0.3) is 0 Å². The molecule has 0 bridgehead atoms. The summed E-state index contributed by atoms with van der Waals surface area (Å²) in [4.78, 5) is 0. The summed E-state index contributed by atoms with van der Waals surface area (Å²) in [7, 11) is 0. The Morgan fingerprint density at radius 1 is 1.43 bits per heavy atom. The normalized spacial score (nSPS) is 12.4. The Balaban J connectivity index is 2.68. The van der Waals surface area contributed by atoms with E-state index >= 15 is 0 Å². The second-order valence-corrected chi connectivity index (χ2v) is 3.92. The van der Waals surface area contributed by atoms with Crippen molar-refractivity contribution < 1.29 is 0 Å². The number of unbranched alkanes of at least 4 members (excludes halogenated alkanes) is 1. The maximum Gasteiger partial charge on any atom is -0.0190 e. The van der Waals surface area contributed by atoms with E-state index in [-0.39, 0.29) is 0 Å². The highest BCUT2D eigenvalue weighted by molar-refractivity contribution is 5.48. The van der Waals surface area contributed by atoms with Crippen molar-refractivity contribution in [1.82, 2.24) is 0 Å². The highest BCUT2D eigenvalue weighted by Gasteiger charge is 2.04. The van der Waals surface area contributed by atoms with Crippen LogP contribution >= 0.6 is 0 Å². The van der Waals surface area contributed by atoms with Gasteiger partial charge in [0, 0.05) is 0 Å². The molecule has 1 atom stereocenters. The van der Waals surface area contributed by atoms with E-state index in [0.717, 1.165) is 0 Å². The summed E-state index contributed by atoms with van der Waals surface area (Å²) in [6.07, 6.45) is 5.80. The van der Waals surface area contributed by atoms with Crippen LogP contribution in [0, 0.1) is 0 Å². The van der Waals surface area contributed by atoms with Crippen molar-refractivity contribution in [2.75, 3.05) is 0 Å². The van der Waals surface area contributed by atoms with Crippen molar-refractivity contribution in [2.45, 2.75) is 39.0 Å². The van der Waals surface area contributed by atoms with Crippen LogP contribution in [0.4, 0.5) is 0 Å². The van der Waals surface area contributed by atoms with Crippen LogP contribution in [-0.4, -0.2) is 0 Å². The second kappa shape index (κ2) is 5.64. The fraction of sp³-hybridized carbons (Fsp3) is 0.429. The number of hydrogen-bond acceptors (Lipinski definition) is 0. The summed E-state index contributed by atoms with van der Waals surface area (Å²) in [5.74, 6) is 0.676. The van der Waals surface area contributed by atoms with Crippen molar-refractivity contribution in [3.63, 3.8) is 0 Å². The summed E-state index contributed by atoms with van der Waals surface area (Å²) < 4.78 is 0. The Hall–Kier alpha value is -1.04. The number of rotatable bonds is 5. The van der Waals surface area contributed by atoms with Crippen molar-refractivity contribution in [3.8, 4) is 0 Å². The lowest BCUT2D eigenvalue weighted by molar-refractivity contribution is 0.624. The molecule has 0 heterocycles. The maximum atomic E-state index is 3.79. The molecule has 0 aliphatic heterocycles. The van der Waals surface area contributed by atoms with Crippen molar-refractivity contribution in [2.24, 2.45) is 0 Å². The zero-order chi connectivity index (χ0) is 10.4. The van der Waals surface area contributed by atoms with Gasteiger partial charge in [-0.15, -0.1) is 0 Å². The highest BCUT2D eigenvalue weighted by Crippen LogP contribution is 2.22. The summed E-state index contributed by atoms with van der Waals surface area (Å²) in [6.45, 7) is 8.34. The van der Waals surface area contributed by atoms with Gasteiger partial charge in [0.2, 0.25) is 0 Å². The first kappa shape index (κ1) is 11.0. The first-order valence-corrected chi connectivity index (χ1v) is 5.50. The van der Waals surface area contributed by atoms with Gasteiger partial charge >= 0.3 is 0 Å². The van der Waals surface area contributed by atoms with Crippen molar-refractivity contribution in [1.29, 1.82) is 0 Å². The van der Waals surface area contributed by atoms with E-state index in [1.54, 1.807) is 0 Å². The minimum Gasteiger partial charge on any atom is -0.0985 e. The molecule has 1 aromatic carbocycles. The van der Waals surface area contributed by atoms with E-state index in [9.17, 15) is 0 Å². The molecule has 76 valence electrons. The van der Waals surface area contributed by atoms with Gasteiger partial charge in [-0.2, -0.15) is 0 Å².